The first kappa shape index (κ1) is 11.2. The molecule has 0 radical (unpaired) electrons. The lowest BCUT2D eigenvalue weighted by atomic mass is 9.99. The van der Waals surface area contributed by atoms with E-state index >= 15 is 0 Å². The first-order valence-electron chi connectivity index (χ1n) is 5.88. The summed E-state index contributed by atoms with van der Waals surface area (Å²) in [5.74, 6) is 0.477. The molecular weight excluding hydrogens is 203 g/mol. The molecule has 1 atom stereocenters. The molecule has 1 aromatic carbocycles. The van der Waals surface area contributed by atoms with Crippen LogP contribution in [0, 0.1) is 18.7 Å². The van der Waals surface area contributed by atoms with Crippen molar-refractivity contribution in [3.63, 3.8) is 0 Å². The minimum absolute atomic E-state index is 0.216. The monoisotopic (exact) mass is 222 g/mol. The predicted molar refractivity (Wildman–Crippen MR) is 66.2 cm³/mol. The number of rotatable bonds is 1. The molecular formula is C13H19FN2. The number of piperidine rings is 1. The molecule has 1 aromatic rings. The van der Waals surface area contributed by atoms with Crippen LogP contribution in [0.15, 0.2) is 12.1 Å². The Kier molecular flexibility index (Phi) is 3.03. The van der Waals surface area contributed by atoms with Crippen molar-refractivity contribution in [2.45, 2.75) is 26.7 Å². The molecule has 0 spiro atoms. The van der Waals surface area contributed by atoms with Gasteiger partial charge in [0.05, 0.1) is 11.4 Å². The zero-order chi connectivity index (χ0) is 11.7. The van der Waals surface area contributed by atoms with Crippen molar-refractivity contribution in [2.24, 2.45) is 5.92 Å². The minimum atomic E-state index is -0.216. The Morgan fingerprint density at radius 1 is 1.44 bits per heavy atom. The summed E-state index contributed by atoms with van der Waals surface area (Å²) in [6, 6.07) is 3.30. The molecule has 88 valence electrons. The van der Waals surface area contributed by atoms with Gasteiger partial charge in [0.15, 0.2) is 0 Å². The van der Waals surface area contributed by atoms with Crippen LogP contribution in [0.1, 0.15) is 25.3 Å². The maximum atomic E-state index is 13.3. The molecule has 3 heteroatoms. The van der Waals surface area contributed by atoms with Crippen molar-refractivity contribution in [2.75, 3.05) is 23.7 Å². The number of aryl methyl sites for hydroxylation is 1. The Labute approximate surface area is 96.2 Å². The van der Waals surface area contributed by atoms with E-state index < -0.39 is 0 Å². The van der Waals surface area contributed by atoms with Crippen molar-refractivity contribution >= 4 is 11.4 Å². The zero-order valence-corrected chi connectivity index (χ0v) is 9.96. The molecule has 2 nitrogen and oxygen atoms in total. The SMILES string of the molecule is Cc1cc(N2CCCC(C)C2)c(N)cc1F. The van der Waals surface area contributed by atoms with Crippen molar-refractivity contribution in [1.29, 1.82) is 0 Å². The Morgan fingerprint density at radius 2 is 2.19 bits per heavy atom. The van der Waals surface area contributed by atoms with Crippen LogP contribution < -0.4 is 10.6 Å². The number of halogens is 1. The highest BCUT2D eigenvalue weighted by Gasteiger charge is 2.19. The second-order valence-corrected chi connectivity index (χ2v) is 4.85. The smallest absolute Gasteiger partial charge is 0.128 e. The van der Waals surface area contributed by atoms with Gasteiger partial charge in [-0.15, -0.1) is 0 Å². The average Bonchev–Trinajstić information content (AvgIpc) is 2.23. The molecule has 2 N–H and O–H groups in total. The van der Waals surface area contributed by atoms with Crippen molar-refractivity contribution in [3.8, 4) is 0 Å². The van der Waals surface area contributed by atoms with Gasteiger partial charge in [-0.05, 0) is 43.4 Å². The van der Waals surface area contributed by atoms with Gasteiger partial charge in [0.25, 0.3) is 0 Å². The van der Waals surface area contributed by atoms with E-state index in [0.717, 1.165) is 18.8 Å². The molecule has 16 heavy (non-hydrogen) atoms. The quantitative estimate of drug-likeness (QED) is 0.740. The number of nitrogen functional groups attached to an aromatic ring is 1. The second-order valence-electron chi connectivity index (χ2n) is 4.85. The van der Waals surface area contributed by atoms with Crippen LogP contribution in [0.3, 0.4) is 0 Å². The fraction of sp³-hybridized carbons (Fsp3) is 0.538. The van der Waals surface area contributed by atoms with Crippen LogP contribution in [-0.4, -0.2) is 13.1 Å². The zero-order valence-electron chi connectivity index (χ0n) is 9.96. The maximum Gasteiger partial charge on any atom is 0.128 e. The standard InChI is InChI=1S/C13H19FN2/c1-9-4-3-5-16(8-9)13-6-10(2)11(14)7-12(13)15/h6-7,9H,3-5,8,15H2,1-2H3. The number of hydrogen-bond acceptors (Lipinski definition) is 2. The van der Waals surface area contributed by atoms with Gasteiger partial charge in [-0.3, -0.25) is 0 Å². The predicted octanol–water partition coefficient (Wildman–Crippen LogP) is 2.95. The Hall–Kier alpha value is -1.25. The largest absolute Gasteiger partial charge is 0.397 e. The van der Waals surface area contributed by atoms with Gasteiger partial charge in [0, 0.05) is 13.1 Å². The summed E-state index contributed by atoms with van der Waals surface area (Å²) in [5, 5.41) is 0. The average molecular weight is 222 g/mol. The Bertz CT molecular complexity index is 390. The fourth-order valence-corrected chi connectivity index (χ4v) is 2.36. The third-order valence-electron chi connectivity index (χ3n) is 3.31. The highest BCUT2D eigenvalue weighted by Crippen LogP contribution is 2.30. The summed E-state index contributed by atoms with van der Waals surface area (Å²) in [5.41, 5.74) is 8.10. The van der Waals surface area contributed by atoms with Gasteiger partial charge in [-0.25, -0.2) is 4.39 Å². The van der Waals surface area contributed by atoms with E-state index in [0.29, 0.717) is 17.2 Å². The topological polar surface area (TPSA) is 29.3 Å². The van der Waals surface area contributed by atoms with Gasteiger partial charge in [-0.1, -0.05) is 6.92 Å². The summed E-state index contributed by atoms with van der Waals surface area (Å²) in [6.07, 6.45) is 2.47. The Morgan fingerprint density at radius 3 is 2.88 bits per heavy atom. The fourth-order valence-electron chi connectivity index (χ4n) is 2.36. The van der Waals surface area contributed by atoms with Crippen LogP contribution in [0.5, 0.6) is 0 Å². The summed E-state index contributed by atoms with van der Waals surface area (Å²) in [4.78, 5) is 2.27. The molecule has 1 heterocycles. The van der Waals surface area contributed by atoms with Crippen LogP contribution in [0.25, 0.3) is 0 Å². The summed E-state index contributed by atoms with van der Waals surface area (Å²) >= 11 is 0. The molecule has 1 aliphatic heterocycles. The summed E-state index contributed by atoms with van der Waals surface area (Å²) in [7, 11) is 0. The first-order chi connectivity index (χ1) is 7.58. The van der Waals surface area contributed by atoms with Gasteiger partial charge in [0.1, 0.15) is 5.82 Å². The molecule has 0 saturated carbocycles. The number of hydrogen-bond donors (Lipinski definition) is 1. The van der Waals surface area contributed by atoms with Gasteiger partial charge >= 0.3 is 0 Å². The van der Waals surface area contributed by atoms with Crippen molar-refractivity contribution in [1.82, 2.24) is 0 Å². The second kappa shape index (κ2) is 4.32. The van der Waals surface area contributed by atoms with Crippen LogP contribution >= 0.6 is 0 Å². The van der Waals surface area contributed by atoms with E-state index in [9.17, 15) is 4.39 Å². The molecule has 2 rings (SSSR count). The molecule has 1 unspecified atom stereocenters. The highest BCUT2D eigenvalue weighted by molar-refractivity contribution is 5.69. The number of nitrogens with zero attached hydrogens (tertiary/aromatic N) is 1. The summed E-state index contributed by atoms with van der Waals surface area (Å²) < 4.78 is 13.3. The maximum absolute atomic E-state index is 13.3. The lowest BCUT2D eigenvalue weighted by molar-refractivity contribution is 0.447. The Balaban J connectivity index is 2.29. The van der Waals surface area contributed by atoms with Gasteiger partial charge in [-0.2, -0.15) is 0 Å². The van der Waals surface area contributed by atoms with E-state index in [4.69, 9.17) is 5.73 Å². The first-order valence-corrected chi connectivity index (χ1v) is 5.88. The van der Waals surface area contributed by atoms with E-state index in [-0.39, 0.29) is 5.82 Å². The van der Waals surface area contributed by atoms with E-state index in [1.165, 1.54) is 18.9 Å². The highest BCUT2D eigenvalue weighted by atomic mass is 19.1. The molecule has 1 fully saturated rings. The molecule has 1 aliphatic rings. The van der Waals surface area contributed by atoms with Crippen LogP contribution in [0.2, 0.25) is 0 Å². The lowest BCUT2D eigenvalue weighted by Gasteiger charge is -2.33. The van der Waals surface area contributed by atoms with Crippen molar-refractivity contribution < 1.29 is 4.39 Å². The number of benzene rings is 1. The molecule has 0 amide bonds. The lowest BCUT2D eigenvalue weighted by Crippen LogP contribution is -2.34. The molecule has 0 aromatic heterocycles. The molecule has 0 aliphatic carbocycles. The van der Waals surface area contributed by atoms with Crippen molar-refractivity contribution in [3.05, 3.63) is 23.5 Å². The normalized spacial score (nSPS) is 21.2. The van der Waals surface area contributed by atoms with Gasteiger partial charge < -0.3 is 10.6 Å². The minimum Gasteiger partial charge on any atom is -0.397 e. The van der Waals surface area contributed by atoms with Crippen LogP contribution in [-0.2, 0) is 0 Å². The number of anilines is 2. The van der Waals surface area contributed by atoms with Gasteiger partial charge in [0.2, 0.25) is 0 Å². The van der Waals surface area contributed by atoms with E-state index in [1.807, 2.05) is 6.07 Å². The molecule has 1 saturated heterocycles. The third-order valence-corrected chi connectivity index (χ3v) is 3.31. The molecule has 0 bridgehead atoms. The third kappa shape index (κ3) is 2.13. The summed E-state index contributed by atoms with van der Waals surface area (Å²) in [6.45, 7) is 6.08. The number of nitrogens with two attached hydrogens (primary N) is 1. The van der Waals surface area contributed by atoms with E-state index in [1.54, 1.807) is 6.92 Å². The van der Waals surface area contributed by atoms with E-state index in [2.05, 4.69) is 11.8 Å². The van der Waals surface area contributed by atoms with Crippen LogP contribution in [0.4, 0.5) is 15.8 Å².